The Bertz CT molecular complexity index is 951. The number of likely N-dealkylation sites (tertiary alicyclic amines) is 2. The Labute approximate surface area is 188 Å². The highest BCUT2D eigenvalue weighted by atomic mass is 16.4. The van der Waals surface area contributed by atoms with Gasteiger partial charge >= 0.3 is 0 Å². The predicted octanol–water partition coefficient (Wildman–Crippen LogP) is 1.74. The van der Waals surface area contributed by atoms with Crippen LogP contribution in [0.1, 0.15) is 67.3 Å². The first-order valence-electron chi connectivity index (χ1n) is 11.1. The maximum atomic E-state index is 12.8. The molecule has 10 heteroatoms. The molecule has 32 heavy (non-hydrogen) atoms. The van der Waals surface area contributed by atoms with Crippen molar-refractivity contribution >= 4 is 11.8 Å². The molecule has 172 valence electrons. The molecule has 2 aromatic heterocycles. The summed E-state index contributed by atoms with van der Waals surface area (Å²) in [6, 6.07) is 1.55. The zero-order valence-corrected chi connectivity index (χ0v) is 19.2. The average Bonchev–Trinajstić information content (AvgIpc) is 3.40. The second kappa shape index (κ2) is 8.93. The summed E-state index contributed by atoms with van der Waals surface area (Å²) in [6.07, 6.45) is 5.54. The molecule has 0 N–H and O–H groups in total. The van der Waals surface area contributed by atoms with Gasteiger partial charge in [-0.1, -0.05) is 13.8 Å². The molecule has 2 aliphatic rings. The Balaban J connectivity index is 1.49. The molecule has 0 aromatic carbocycles. The van der Waals surface area contributed by atoms with E-state index in [-0.39, 0.29) is 29.2 Å². The van der Waals surface area contributed by atoms with Crippen LogP contribution in [-0.2, 0) is 4.79 Å². The van der Waals surface area contributed by atoms with E-state index in [1.807, 2.05) is 18.7 Å². The fourth-order valence-corrected chi connectivity index (χ4v) is 4.61. The molecular formula is C22H31N7O3. The van der Waals surface area contributed by atoms with Gasteiger partial charge < -0.3 is 14.2 Å². The molecular weight excluding hydrogens is 410 g/mol. The highest BCUT2D eigenvalue weighted by molar-refractivity contribution is 5.92. The van der Waals surface area contributed by atoms with Gasteiger partial charge in [-0.3, -0.25) is 14.5 Å². The lowest BCUT2D eigenvalue weighted by atomic mass is 9.76. The van der Waals surface area contributed by atoms with Crippen LogP contribution in [0.2, 0.25) is 0 Å². The highest BCUT2D eigenvalue weighted by Crippen LogP contribution is 2.48. The molecule has 2 amide bonds. The zero-order chi connectivity index (χ0) is 22.9. The largest absolute Gasteiger partial charge is 0.423 e. The topological polar surface area (TPSA) is 109 Å². The van der Waals surface area contributed by atoms with E-state index < -0.39 is 0 Å². The molecule has 0 radical (unpaired) electrons. The summed E-state index contributed by atoms with van der Waals surface area (Å²) in [4.78, 5) is 38.9. The minimum absolute atomic E-state index is 0.00613. The van der Waals surface area contributed by atoms with E-state index >= 15 is 0 Å². The molecule has 0 bridgehead atoms. The molecule has 1 unspecified atom stereocenters. The summed E-state index contributed by atoms with van der Waals surface area (Å²) in [6.45, 7) is 6.43. The number of hydrogen-bond acceptors (Lipinski definition) is 8. The van der Waals surface area contributed by atoms with E-state index in [2.05, 4.69) is 25.1 Å². The maximum absolute atomic E-state index is 12.8. The SMILES string of the molecule is CC(C)c1nnc(C2CC3(CCN(C(=O)c4ccncn4)CC3)CN2CC(=O)N(C)C)o1. The first-order valence-corrected chi connectivity index (χ1v) is 11.1. The Morgan fingerprint density at radius 2 is 2.00 bits per heavy atom. The van der Waals surface area contributed by atoms with Crippen molar-refractivity contribution in [1.29, 1.82) is 0 Å². The number of aromatic nitrogens is 4. The third-order valence-electron chi connectivity index (χ3n) is 6.59. The number of hydrogen-bond donors (Lipinski definition) is 0. The lowest BCUT2D eigenvalue weighted by Gasteiger charge is -2.39. The van der Waals surface area contributed by atoms with Gasteiger partial charge in [-0.25, -0.2) is 9.97 Å². The molecule has 2 aromatic rings. The third kappa shape index (κ3) is 4.50. The lowest BCUT2D eigenvalue weighted by molar-refractivity contribution is -0.130. The fourth-order valence-electron chi connectivity index (χ4n) is 4.61. The van der Waals surface area contributed by atoms with E-state index in [0.29, 0.717) is 37.1 Å². The van der Waals surface area contributed by atoms with Gasteiger partial charge in [-0.2, -0.15) is 0 Å². The first-order chi connectivity index (χ1) is 15.3. The average molecular weight is 442 g/mol. The Kier molecular flexibility index (Phi) is 6.23. The number of rotatable bonds is 5. The zero-order valence-electron chi connectivity index (χ0n) is 19.2. The van der Waals surface area contributed by atoms with Crippen LogP contribution in [0.15, 0.2) is 23.0 Å². The van der Waals surface area contributed by atoms with Crippen molar-refractivity contribution in [2.75, 3.05) is 40.3 Å². The first kappa shape index (κ1) is 22.3. The number of amides is 2. The minimum Gasteiger partial charge on any atom is -0.423 e. The van der Waals surface area contributed by atoms with Crippen molar-refractivity contribution in [3.05, 3.63) is 36.1 Å². The smallest absolute Gasteiger partial charge is 0.272 e. The van der Waals surface area contributed by atoms with Gasteiger partial charge in [0.25, 0.3) is 5.91 Å². The van der Waals surface area contributed by atoms with Crippen molar-refractivity contribution in [2.24, 2.45) is 5.41 Å². The van der Waals surface area contributed by atoms with Crippen molar-refractivity contribution in [2.45, 2.75) is 45.1 Å². The molecule has 2 saturated heterocycles. The van der Waals surface area contributed by atoms with Gasteiger partial charge in [0.2, 0.25) is 17.7 Å². The van der Waals surface area contributed by atoms with Crippen LogP contribution in [0.4, 0.5) is 0 Å². The predicted molar refractivity (Wildman–Crippen MR) is 116 cm³/mol. The minimum atomic E-state index is -0.0944. The Morgan fingerprint density at radius 1 is 1.25 bits per heavy atom. The van der Waals surface area contributed by atoms with Crippen LogP contribution in [0.3, 0.4) is 0 Å². The summed E-state index contributed by atoms with van der Waals surface area (Å²) in [5.74, 6) is 1.34. The van der Waals surface area contributed by atoms with E-state index in [9.17, 15) is 9.59 Å². The lowest BCUT2D eigenvalue weighted by Crippen LogP contribution is -2.45. The van der Waals surface area contributed by atoms with Crippen molar-refractivity contribution in [3.63, 3.8) is 0 Å². The Hall–Kier alpha value is -2.88. The number of likely N-dealkylation sites (N-methyl/N-ethyl adjacent to an activating group) is 1. The van der Waals surface area contributed by atoms with Gasteiger partial charge in [0, 0.05) is 45.8 Å². The van der Waals surface area contributed by atoms with E-state index in [0.717, 1.165) is 25.8 Å². The number of carbonyl (C=O) groups excluding carboxylic acids is 2. The van der Waals surface area contributed by atoms with Crippen molar-refractivity contribution < 1.29 is 14.0 Å². The highest BCUT2D eigenvalue weighted by Gasteiger charge is 2.48. The summed E-state index contributed by atoms with van der Waals surface area (Å²) in [7, 11) is 3.54. The van der Waals surface area contributed by atoms with Gasteiger partial charge in [-0.15, -0.1) is 10.2 Å². The van der Waals surface area contributed by atoms with Crippen molar-refractivity contribution in [3.8, 4) is 0 Å². The molecule has 4 heterocycles. The summed E-state index contributed by atoms with van der Waals surface area (Å²) in [5.41, 5.74) is 0.428. The van der Waals surface area contributed by atoms with E-state index in [4.69, 9.17) is 4.42 Å². The molecule has 10 nitrogen and oxygen atoms in total. The van der Waals surface area contributed by atoms with E-state index in [1.54, 1.807) is 31.3 Å². The standard InChI is InChI=1S/C22H31N7O3/c1-15(2)19-25-26-20(32-19)17-11-22(13-29(17)12-18(30)27(3)4)6-9-28(10-7-22)21(31)16-5-8-23-14-24-16/h5,8,14-15,17H,6-7,9-13H2,1-4H3. The monoisotopic (exact) mass is 441 g/mol. The van der Waals surface area contributed by atoms with Crippen LogP contribution in [0, 0.1) is 5.41 Å². The molecule has 1 atom stereocenters. The summed E-state index contributed by atoms with van der Waals surface area (Å²) in [5, 5.41) is 8.53. The van der Waals surface area contributed by atoms with Crippen LogP contribution >= 0.6 is 0 Å². The normalized spacial score (nSPS) is 20.8. The molecule has 2 aliphatic heterocycles. The molecule has 2 fully saturated rings. The third-order valence-corrected chi connectivity index (χ3v) is 6.59. The molecule has 1 spiro atoms. The molecule has 4 rings (SSSR count). The van der Waals surface area contributed by atoms with Crippen LogP contribution in [0.25, 0.3) is 0 Å². The number of piperidine rings is 1. The molecule has 0 saturated carbocycles. The summed E-state index contributed by atoms with van der Waals surface area (Å²) >= 11 is 0. The van der Waals surface area contributed by atoms with Gasteiger partial charge in [0.05, 0.1) is 12.6 Å². The van der Waals surface area contributed by atoms with Crippen LogP contribution in [-0.4, -0.2) is 87.0 Å². The van der Waals surface area contributed by atoms with Gasteiger partial charge in [0.1, 0.15) is 12.0 Å². The van der Waals surface area contributed by atoms with E-state index in [1.165, 1.54) is 6.33 Å². The summed E-state index contributed by atoms with van der Waals surface area (Å²) < 4.78 is 5.98. The van der Waals surface area contributed by atoms with Crippen LogP contribution < -0.4 is 0 Å². The van der Waals surface area contributed by atoms with Gasteiger partial charge in [0.15, 0.2) is 0 Å². The Morgan fingerprint density at radius 3 is 2.59 bits per heavy atom. The van der Waals surface area contributed by atoms with Gasteiger partial charge in [-0.05, 0) is 30.7 Å². The van der Waals surface area contributed by atoms with Crippen LogP contribution in [0.5, 0.6) is 0 Å². The second-order valence-corrected chi connectivity index (χ2v) is 9.43. The maximum Gasteiger partial charge on any atom is 0.272 e. The number of nitrogens with zero attached hydrogens (tertiary/aromatic N) is 7. The van der Waals surface area contributed by atoms with Crippen molar-refractivity contribution in [1.82, 2.24) is 34.9 Å². The molecule has 0 aliphatic carbocycles. The quantitative estimate of drug-likeness (QED) is 0.690. The fraction of sp³-hybridized carbons (Fsp3) is 0.636. The number of carbonyl (C=O) groups is 2. The second-order valence-electron chi connectivity index (χ2n) is 9.43.